The van der Waals surface area contributed by atoms with Gasteiger partial charge in [0.05, 0.1) is 5.69 Å². The van der Waals surface area contributed by atoms with Gasteiger partial charge in [-0.25, -0.2) is 14.6 Å². The summed E-state index contributed by atoms with van der Waals surface area (Å²) < 4.78 is 40.7. The number of piperazine rings is 1. The van der Waals surface area contributed by atoms with Crippen LogP contribution < -0.4 is 9.80 Å². The van der Waals surface area contributed by atoms with E-state index in [-0.39, 0.29) is 5.82 Å². The van der Waals surface area contributed by atoms with Gasteiger partial charge in [-0.05, 0) is 32.0 Å². The second-order valence-corrected chi connectivity index (χ2v) is 6.78. The van der Waals surface area contributed by atoms with Gasteiger partial charge in [0, 0.05) is 38.4 Å². The first-order chi connectivity index (χ1) is 13.8. The molecule has 0 unspecified atom stereocenters. The number of anilines is 2. The first-order valence-corrected chi connectivity index (χ1v) is 9.09. The van der Waals surface area contributed by atoms with Crippen LogP contribution >= 0.6 is 0 Å². The lowest BCUT2D eigenvalue weighted by atomic mass is 10.2. The first kappa shape index (κ1) is 19.1. The van der Waals surface area contributed by atoms with Crippen LogP contribution in [0, 0.1) is 13.8 Å². The molecule has 152 valence electrons. The molecule has 0 atom stereocenters. The van der Waals surface area contributed by atoms with E-state index >= 15 is 0 Å². The fourth-order valence-electron chi connectivity index (χ4n) is 3.18. The summed E-state index contributed by atoms with van der Waals surface area (Å²) in [6.07, 6.45) is -2.68. The molecule has 1 aliphatic heterocycles. The minimum absolute atomic E-state index is 0.104. The van der Waals surface area contributed by atoms with Crippen LogP contribution in [0.5, 0.6) is 0 Å². The van der Waals surface area contributed by atoms with Gasteiger partial charge >= 0.3 is 6.18 Å². The normalized spacial score (nSPS) is 15.1. The van der Waals surface area contributed by atoms with Crippen molar-refractivity contribution < 1.29 is 13.2 Å². The van der Waals surface area contributed by atoms with Crippen molar-refractivity contribution in [1.82, 2.24) is 29.9 Å². The molecule has 0 amide bonds. The summed E-state index contributed by atoms with van der Waals surface area (Å²) in [4.78, 5) is 11.5. The quantitative estimate of drug-likeness (QED) is 0.664. The molecule has 3 aromatic rings. The van der Waals surface area contributed by atoms with E-state index in [1.165, 1.54) is 6.92 Å². The third kappa shape index (κ3) is 4.13. The molecule has 11 heteroatoms. The maximum Gasteiger partial charge on any atom is 0.433 e. The van der Waals surface area contributed by atoms with Crippen molar-refractivity contribution in [2.45, 2.75) is 20.0 Å². The predicted octanol–water partition coefficient (Wildman–Crippen LogP) is 2.41. The number of rotatable bonds is 3. The molecule has 0 saturated carbocycles. The average molecular weight is 404 g/mol. The molecule has 1 fully saturated rings. The fourth-order valence-corrected chi connectivity index (χ4v) is 3.18. The Bertz CT molecular complexity index is 991. The number of halogens is 3. The number of aromatic nitrogens is 6. The number of hydrogen-bond donors (Lipinski definition) is 0. The summed E-state index contributed by atoms with van der Waals surface area (Å²) in [5.41, 5.74) is -0.0293. The molecule has 0 bridgehead atoms. The van der Waals surface area contributed by atoms with Gasteiger partial charge in [-0.15, -0.1) is 10.2 Å². The second kappa shape index (κ2) is 7.30. The lowest BCUT2D eigenvalue weighted by molar-refractivity contribution is -0.141. The lowest BCUT2D eigenvalue weighted by Gasteiger charge is -2.36. The standard InChI is InChI=1S/C18H19F3N8/c1-12-5-6-29(26-12)16-4-3-15(24-25-16)27-7-9-28(10-8-27)17-11-14(18(19,20)21)22-13(2)23-17/h3-6,11H,7-10H2,1-2H3. The highest BCUT2D eigenvalue weighted by atomic mass is 19.4. The average Bonchev–Trinajstić information content (AvgIpc) is 3.13. The maximum absolute atomic E-state index is 13.0. The van der Waals surface area contributed by atoms with Crippen LogP contribution in [0.2, 0.25) is 0 Å². The maximum atomic E-state index is 13.0. The van der Waals surface area contributed by atoms with E-state index in [9.17, 15) is 13.2 Å². The largest absolute Gasteiger partial charge is 0.433 e. The molecule has 1 aliphatic rings. The van der Waals surface area contributed by atoms with Gasteiger partial charge in [-0.2, -0.15) is 18.3 Å². The molecule has 3 aromatic heterocycles. The van der Waals surface area contributed by atoms with Crippen LogP contribution in [-0.2, 0) is 6.18 Å². The Balaban J connectivity index is 1.44. The fraction of sp³-hybridized carbons (Fsp3) is 0.389. The lowest BCUT2D eigenvalue weighted by Crippen LogP contribution is -2.47. The summed E-state index contributed by atoms with van der Waals surface area (Å²) in [6.45, 7) is 5.60. The second-order valence-electron chi connectivity index (χ2n) is 6.78. The zero-order valence-electron chi connectivity index (χ0n) is 15.9. The van der Waals surface area contributed by atoms with Crippen LogP contribution in [-0.4, -0.2) is 56.1 Å². The molecule has 0 radical (unpaired) electrons. The van der Waals surface area contributed by atoms with Crippen LogP contribution in [0.1, 0.15) is 17.2 Å². The molecule has 4 heterocycles. The number of hydrogen-bond acceptors (Lipinski definition) is 7. The van der Waals surface area contributed by atoms with E-state index in [0.29, 0.717) is 43.6 Å². The zero-order valence-corrected chi connectivity index (χ0v) is 15.9. The van der Waals surface area contributed by atoms with Crippen LogP contribution in [0.3, 0.4) is 0 Å². The molecular weight excluding hydrogens is 385 g/mol. The molecule has 29 heavy (non-hydrogen) atoms. The minimum atomic E-state index is -4.49. The Labute approximate surface area is 165 Å². The van der Waals surface area contributed by atoms with Crippen molar-refractivity contribution in [3.63, 3.8) is 0 Å². The number of aryl methyl sites for hydroxylation is 2. The van der Waals surface area contributed by atoms with Gasteiger partial charge in [-0.1, -0.05) is 0 Å². The van der Waals surface area contributed by atoms with Gasteiger partial charge in [0.1, 0.15) is 17.3 Å². The Morgan fingerprint density at radius 1 is 0.828 bits per heavy atom. The van der Waals surface area contributed by atoms with E-state index in [4.69, 9.17) is 0 Å². The van der Waals surface area contributed by atoms with Crippen molar-refractivity contribution in [2.75, 3.05) is 36.0 Å². The topological polar surface area (TPSA) is 75.9 Å². The molecule has 8 nitrogen and oxygen atoms in total. The van der Waals surface area contributed by atoms with E-state index in [2.05, 4.69) is 25.3 Å². The van der Waals surface area contributed by atoms with Crippen LogP contribution in [0.15, 0.2) is 30.5 Å². The minimum Gasteiger partial charge on any atom is -0.353 e. The molecule has 0 spiro atoms. The van der Waals surface area contributed by atoms with E-state index in [0.717, 1.165) is 11.8 Å². The molecule has 0 aromatic carbocycles. The Hall–Kier alpha value is -3.24. The SMILES string of the molecule is Cc1ccn(-c2ccc(N3CCN(c4cc(C(F)(F)F)nc(C)n4)CC3)nn2)n1. The number of alkyl halides is 3. The third-order valence-corrected chi connectivity index (χ3v) is 4.64. The molecule has 0 aliphatic carbocycles. The van der Waals surface area contributed by atoms with Gasteiger partial charge in [-0.3, -0.25) is 0 Å². The van der Waals surface area contributed by atoms with Crippen molar-refractivity contribution >= 4 is 11.6 Å². The van der Waals surface area contributed by atoms with E-state index in [1.54, 1.807) is 4.68 Å². The van der Waals surface area contributed by atoms with Crippen molar-refractivity contribution in [1.29, 1.82) is 0 Å². The molecule has 4 rings (SSSR count). The Kier molecular flexibility index (Phi) is 4.81. The van der Waals surface area contributed by atoms with Gasteiger partial charge in [0.15, 0.2) is 11.6 Å². The van der Waals surface area contributed by atoms with Crippen LogP contribution in [0.25, 0.3) is 5.82 Å². The van der Waals surface area contributed by atoms with Gasteiger partial charge in [0.25, 0.3) is 0 Å². The highest BCUT2D eigenvalue weighted by Gasteiger charge is 2.34. The smallest absolute Gasteiger partial charge is 0.353 e. The highest BCUT2D eigenvalue weighted by molar-refractivity contribution is 5.46. The summed E-state index contributed by atoms with van der Waals surface area (Å²) in [7, 11) is 0. The van der Waals surface area contributed by atoms with E-state index < -0.39 is 11.9 Å². The Morgan fingerprint density at radius 2 is 1.45 bits per heavy atom. The summed E-state index contributed by atoms with van der Waals surface area (Å²) in [5.74, 6) is 1.73. The predicted molar refractivity (Wildman–Crippen MR) is 100 cm³/mol. The highest BCUT2D eigenvalue weighted by Crippen LogP contribution is 2.30. The summed E-state index contributed by atoms with van der Waals surface area (Å²) in [6, 6.07) is 6.59. The monoisotopic (exact) mass is 404 g/mol. The van der Waals surface area contributed by atoms with Crippen LogP contribution in [0.4, 0.5) is 24.8 Å². The molecule has 1 saturated heterocycles. The Morgan fingerprint density at radius 3 is 2.00 bits per heavy atom. The molecular formula is C18H19F3N8. The molecule has 0 N–H and O–H groups in total. The third-order valence-electron chi connectivity index (χ3n) is 4.64. The van der Waals surface area contributed by atoms with Crippen molar-refractivity contribution in [3.05, 3.63) is 47.7 Å². The van der Waals surface area contributed by atoms with Gasteiger partial charge < -0.3 is 9.80 Å². The van der Waals surface area contributed by atoms with E-state index in [1.807, 2.05) is 41.1 Å². The van der Waals surface area contributed by atoms with Crippen molar-refractivity contribution in [3.8, 4) is 5.82 Å². The first-order valence-electron chi connectivity index (χ1n) is 9.09. The summed E-state index contributed by atoms with van der Waals surface area (Å²) in [5, 5.41) is 12.8. The number of nitrogens with zero attached hydrogens (tertiary/aromatic N) is 8. The zero-order chi connectivity index (χ0) is 20.6. The summed E-state index contributed by atoms with van der Waals surface area (Å²) >= 11 is 0. The van der Waals surface area contributed by atoms with Crippen molar-refractivity contribution in [2.24, 2.45) is 0 Å². The van der Waals surface area contributed by atoms with Gasteiger partial charge in [0.2, 0.25) is 0 Å².